The van der Waals surface area contributed by atoms with Gasteiger partial charge in [0.1, 0.15) is 11.7 Å². The Labute approximate surface area is 285 Å². The number of nitrogens with one attached hydrogen (secondary N) is 2. The summed E-state index contributed by atoms with van der Waals surface area (Å²) in [5, 5.41) is 3.16. The van der Waals surface area contributed by atoms with E-state index in [9.17, 15) is 19.2 Å². The molecule has 0 radical (unpaired) electrons. The molecule has 3 aromatic heterocycles. The molecule has 0 saturated carbocycles. The third kappa shape index (κ3) is 4.64. The Hall–Kier alpha value is -5.23. The molecule has 5 heterocycles. The summed E-state index contributed by atoms with van der Waals surface area (Å²) in [7, 11) is 1.60. The third-order valence-corrected chi connectivity index (χ3v) is 10.1. The van der Waals surface area contributed by atoms with Gasteiger partial charge in [0.25, 0.3) is 5.56 Å². The van der Waals surface area contributed by atoms with Gasteiger partial charge in [-0.3, -0.25) is 28.5 Å². The van der Waals surface area contributed by atoms with Gasteiger partial charge in [0.15, 0.2) is 5.82 Å². The second-order valence-corrected chi connectivity index (χ2v) is 13.6. The van der Waals surface area contributed by atoms with Crippen molar-refractivity contribution in [3.63, 3.8) is 0 Å². The van der Waals surface area contributed by atoms with Crippen LogP contribution in [0.3, 0.4) is 0 Å². The number of benzene rings is 2. The molecule has 0 spiro atoms. The molecule has 1 fully saturated rings. The van der Waals surface area contributed by atoms with Gasteiger partial charge in [-0.15, -0.1) is 0 Å². The van der Waals surface area contributed by atoms with Gasteiger partial charge >= 0.3 is 5.69 Å². The number of aryl methyl sites for hydroxylation is 3. The fourth-order valence-corrected chi connectivity index (χ4v) is 7.72. The number of anilines is 2. The monoisotopic (exact) mass is 683 g/mol. The number of imidazole rings is 1. The minimum Gasteiger partial charge on any atom is -0.354 e. The Balaban J connectivity index is 1.65. The number of aromatic amines is 1. The number of carbonyl (C=O) groups is 2. The van der Waals surface area contributed by atoms with E-state index in [1.165, 1.54) is 15.2 Å². The van der Waals surface area contributed by atoms with E-state index >= 15 is 4.39 Å². The number of nitrogens with zero attached hydrogens (tertiary/aromatic N) is 5. The Kier molecular flexibility index (Phi) is 7.55. The number of piperazine rings is 1. The summed E-state index contributed by atoms with van der Waals surface area (Å²) < 4.78 is 20.6. The van der Waals surface area contributed by atoms with Gasteiger partial charge in [-0.1, -0.05) is 38.1 Å². The van der Waals surface area contributed by atoms with Crippen molar-refractivity contribution in [1.82, 2.24) is 24.0 Å². The summed E-state index contributed by atoms with van der Waals surface area (Å²) in [6, 6.07) is 5.68. The maximum Gasteiger partial charge on any atom is 0.326 e. The Morgan fingerprint density at radius 1 is 1.08 bits per heavy atom. The van der Waals surface area contributed by atoms with Gasteiger partial charge in [0, 0.05) is 42.3 Å². The predicted octanol–water partition coefficient (Wildman–Crippen LogP) is 5.31. The number of fused-ring (bicyclic) bond motifs is 6. The van der Waals surface area contributed by atoms with E-state index in [1.807, 2.05) is 27.7 Å². The third-order valence-electron chi connectivity index (χ3n) is 9.80. The predicted molar refractivity (Wildman–Crippen MR) is 190 cm³/mol. The zero-order valence-corrected chi connectivity index (χ0v) is 28.7. The molecule has 5 aromatic rings. The number of hydrogen-bond acceptors (Lipinski definition) is 6. The Morgan fingerprint density at radius 2 is 1.82 bits per heavy atom. The van der Waals surface area contributed by atoms with Crippen LogP contribution in [-0.2, 0) is 16.6 Å². The van der Waals surface area contributed by atoms with E-state index in [2.05, 4.69) is 21.9 Å². The summed E-state index contributed by atoms with van der Waals surface area (Å²) in [4.78, 5) is 64.7. The summed E-state index contributed by atoms with van der Waals surface area (Å²) >= 11 is 7.08. The maximum atomic E-state index is 17.9. The largest absolute Gasteiger partial charge is 0.354 e. The van der Waals surface area contributed by atoms with Crippen LogP contribution in [0.15, 0.2) is 52.7 Å². The SMILES string of the molecule is C=CC(=O)N1CC2C(=O)Nc3c(c4cc(Cl)c(-c5c(C)ccc6[nH]c(=O)n(C)c56)c(F)c4n(-c4c(C)ccnc4C(C)C)c3=O)N2CC1C. The first-order chi connectivity index (χ1) is 23.3. The molecule has 2 amide bonds. The molecule has 11 nitrogen and oxygen atoms in total. The van der Waals surface area contributed by atoms with Crippen molar-refractivity contribution in [2.45, 2.75) is 52.6 Å². The molecule has 0 bridgehead atoms. The average Bonchev–Trinajstić information content (AvgIpc) is 3.34. The average molecular weight is 684 g/mol. The number of halogens is 2. The van der Waals surface area contributed by atoms with E-state index in [4.69, 9.17) is 11.6 Å². The molecule has 2 aromatic carbocycles. The minimum absolute atomic E-state index is 0.0167. The summed E-state index contributed by atoms with van der Waals surface area (Å²) in [5.74, 6) is -1.70. The smallest absolute Gasteiger partial charge is 0.326 e. The molecule has 13 heteroatoms. The van der Waals surface area contributed by atoms with Gasteiger partial charge in [-0.2, -0.15) is 0 Å². The lowest BCUT2D eigenvalue weighted by molar-refractivity contribution is -0.130. The van der Waals surface area contributed by atoms with Gasteiger partial charge in [-0.05, 0) is 62.1 Å². The van der Waals surface area contributed by atoms with Crippen molar-refractivity contribution in [3.8, 4) is 16.8 Å². The molecule has 1 saturated heterocycles. The summed E-state index contributed by atoms with van der Waals surface area (Å²) in [6.07, 6.45) is 2.85. The fourth-order valence-electron chi connectivity index (χ4n) is 7.43. The highest BCUT2D eigenvalue weighted by Crippen LogP contribution is 2.46. The van der Waals surface area contributed by atoms with Crippen molar-refractivity contribution in [2.24, 2.45) is 7.05 Å². The topological polar surface area (TPSA) is 125 Å². The molecule has 7 rings (SSSR count). The standard InChI is InChI=1S/C36H35ClFN7O4/c1-8-24(46)43-15-23-34(47)41-29-32(44(23)14-19(43)6)20-13-21(37)26(25-17(4)9-10-22-33(25)42(7)36(49)40-22)27(38)31(20)45(35(29)48)30-18(5)11-12-39-28(30)16(2)3/h8-13,16,19,23H,1,14-15H2,2-7H3,(H,40,49)(H,41,47). The van der Waals surface area contributed by atoms with Crippen LogP contribution in [-0.4, -0.2) is 61.0 Å². The lowest BCUT2D eigenvalue weighted by Crippen LogP contribution is -2.64. The number of H-pyrrole nitrogens is 1. The van der Waals surface area contributed by atoms with E-state index in [1.54, 1.807) is 54.2 Å². The number of amides is 2. The number of rotatable bonds is 4. The van der Waals surface area contributed by atoms with Gasteiger partial charge in [0.05, 0.1) is 45.2 Å². The molecule has 2 aliphatic heterocycles. The Bertz CT molecular complexity index is 2410. The highest BCUT2D eigenvalue weighted by atomic mass is 35.5. The van der Waals surface area contributed by atoms with Gasteiger partial charge < -0.3 is 20.1 Å². The van der Waals surface area contributed by atoms with Crippen molar-refractivity contribution in [1.29, 1.82) is 0 Å². The molecule has 49 heavy (non-hydrogen) atoms. The van der Waals surface area contributed by atoms with Crippen LogP contribution in [0.1, 0.15) is 43.5 Å². The van der Waals surface area contributed by atoms with Crippen molar-refractivity contribution < 1.29 is 14.0 Å². The summed E-state index contributed by atoms with van der Waals surface area (Å²) in [6.45, 7) is 13.2. The molecule has 2 N–H and O–H groups in total. The molecule has 2 atom stereocenters. The first-order valence-electron chi connectivity index (χ1n) is 16.0. The molecule has 2 unspecified atom stereocenters. The quantitative estimate of drug-likeness (QED) is 0.248. The van der Waals surface area contributed by atoms with Crippen LogP contribution in [0, 0.1) is 19.7 Å². The maximum absolute atomic E-state index is 17.9. The van der Waals surface area contributed by atoms with Gasteiger partial charge in [0.2, 0.25) is 11.8 Å². The second-order valence-electron chi connectivity index (χ2n) is 13.2. The van der Waals surface area contributed by atoms with Crippen LogP contribution in [0.5, 0.6) is 0 Å². The lowest BCUT2D eigenvalue weighted by atomic mass is 9.94. The van der Waals surface area contributed by atoms with E-state index in [-0.39, 0.29) is 58.4 Å². The first-order valence-corrected chi connectivity index (χ1v) is 16.4. The van der Waals surface area contributed by atoms with Crippen LogP contribution in [0.4, 0.5) is 15.8 Å². The first kappa shape index (κ1) is 32.3. The highest BCUT2D eigenvalue weighted by molar-refractivity contribution is 6.35. The van der Waals surface area contributed by atoms with Crippen molar-refractivity contribution in [3.05, 3.63) is 91.6 Å². The van der Waals surface area contributed by atoms with Crippen LogP contribution < -0.4 is 21.5 Å². The zero-order chi connectivity index (χ0) is 35.2. The number of hydrogen-bond donors (Lipinski definition) is 2. The van der Waals surface area contributed by atoms with Crippen LogP contribution in [0.2, 0.25) is 5.02 Å². The van der Waals surface area contributed by atoms with Gasteiger partial charge in [-0.25, -0.2) is 9.18 Å². The van der Waals surface area contributed by atoms with E-state index in [0.717, 1.165) is 0 Å². The van der Waals surface area contributed by atoms with E-state index < -0.39 is 23.3 Å². The molecular formula is C36H35ClFN7O4. The normalized spacial score (nSPS) is 17.4. The van der Waals surface area contributed by atoms with Crippen LogP contribution >= 0.6 is 11.6 Å². The fraction of sp³-hybridized carbons (Fsp3) is 0.306. The lowest BCUT2D eigenvalue weighted by Gasteiger charge is -2.48. The summed E-state index contributed by atoms with van der Waals surface area (Å²) in [5.41, 5.74) is 2.95. The highest BCUT2D eigenvalue weighted by Gasteiger charge is 2.44. The second kappa shape index (κ2) is 11.4. The van der Waals surface area contributed by atoms with Crippen molar-refractivity contribution in [2.75, 3.05) is 23.3 Å². The number of aromatic nitrogens is 4. The molecule has 0 aliphatic carbocycles. The molecular weight excluding hydrogens is 649 g/mol. The minimum atomic E-state index is -0.857. The molecule has 252 valence electrons. The molecule has 2 aliphatic rings. The van der Waals surface area contributed by atoms with E-state index in [0.29, 0.717) is 50.2 Å². The Morgan fingerprint density at radius 3 is 2.51 bits per heavy atom. The zero-order valence-electron chi connectivity index (χ0n) is 27.9. The van der Waals surface area contributed by atoms with Crippen molar-refractivity contribution >= 4 is 56.7 Å². The number of pyridine rings is 2. The number of carbonyl (C=O) groups excluding carboxylic acids is 2. The van der Waals surface area contributed by atoms with Crippen LogP contribution in [0.25, 0.3) is 38.8 Å².